The Morgan fingerprint density at radius 2 is 1.83 bits per heavy atom. The molecule has 130 valence electrons. The van der Waals surface area contributed by atoms with Gasteiger partial charge in [0.05, 0.1) is 19.3 Å². The fourth-order valence-electron chi connectivity index (χ4n) is 3.68. The Hall–Kier alpha value is -1.34. The molecule has 1 aliphatic carbocycles. The molecule has 7 heteroatoms. The number of carbonyl (C=O) groups excluding carboxylic acids is 2. The molecule has 3 fully saturated rings. The summed E-state index contributed by atoms with van der Waals surface area (Å²) in [6, 6.07) is -0.155. The third kappa shape index (κ3) is 3.77. The van der Waals surface area contributed by atoms with Gasteiger partial charge in [-0.2, -0.15) is 0 Å². The molecule has 0 aromatic rings. The van der Waals surface area contributed by atoms with Gasteiger partial charge in [0.1, 0.15) is 12.2 Å². The first kappa shape index (κ1) is 16.5. The minimum Gasteiger partial charge on any atom is -0.441 e. The average molecular weight is 326 g/mol. The van der Waals surface area contributed by atoms with E-state index in [0.717, 1.165) is 25.7 Å². The van der Waals surface area contributed by atoms with E-state index in [0.29, 0.717) is 19.8 Å². The van der Waals surface area contributed by atoms with E-state index in [-0.39, 0.29) is 30.1 Å². The molecule has 0 aromatic heterocycles. The largest absolute Gasteiger partial charge is 0.441 e. The highest BCUT2D eigenvalue weighted by Crippen LogP contribution is 2.30. The molecule has 3 rings (SSSR count). The van der Waals surface area contributed by atoms with Crippen molar-refractivity contribution in [3.63, 3.8) is 0 Å². The Morgan fingerprint density at radius 1 is 1.09 bits per heavy atom. The standard InChI is InChI=1S/C16H26N2O5/c1-2-17-16(20)23-12-9-22-13-11(8-21-14(12)13)18-15(19)10-6-4-3-5-7-10/h10-14H,2-9H2,1H3,(H,17,20)(H,18,19)/t11-,12+,13+,14+/m0/s1. The number of amides is 2. The predicted octanol–water partition coefficient (Wildman–Crippen LogP) is 0.964. The van der Waals surface area contributed by atoms with E-state index in [4.69, 9.17) is 14.2 Å². The van der Waals surface area contributed by atoms with Crippen molar-refractivity contribution in [1.29, 1.82) is 0 Å². The smallest absolute Gasteiger partial charge is 0.407 e. The lowest BCUT2D eigenvalue weighted by Gasteiger charge is -2.24. The maximum atomic E-state index is 12.4. The van der Waals surface area contributed by atoms with Crippen LogP contribution in [0.5, 0.6) is 0 Å². The van der Waals surface area contributed by atoms with Crippen molar-refractivity contribution in [2.24, 2.45) is 5.92 Å². The molecule has 23 heavy (non-hydrogen) atoms. The molecule has 0 spiro atoms. The SMILES string of the molecule is CCNC(=O)O[C@@H]1CO[C@H]2[C@@H]1OC[C@@H]2NC(=O)C1CCCCC1. The van der Waals surface area contributed by atoms with E-state index >= 15 is 0 Å². The fraction of sp³-hybridized carbons (Fsp3) is 0.875. The molecule has 3 aliphatic rings. The lowest BCUT2D eigenvalue weighted by Crippen LogP contribution is -2.47. The maximum Gasteiger partial charge on any atom is 0.407 e. The van der Waals surface area contributed by atoms with Crippen molar-refractivity contribution in [2.75, 3.05) is 19.8 Å². The number of fused-ring (bicyclic) bond motifs is 1. The van der Waals surface area contributed by atoms with Crippen molar-refractivity contribution in [2.45, 2.75) is 63.4 Å². The van der Waals surface area contributed by atoms with Gasteiger partial charge in [0.15, 0.2) is 6.10 Å². The van der Waals surface area contributed by atoms with Crippen molar-refractivity contribution in [1.82, 2.24) is 10.6 Å². The summed E-state index contributed by atoms with van der Waals surface area (Å²) in [5, 5.41) is 5.67. The second-order valence-electron chi connectivity index (χ2n) is 6.52. The molecule has 4 atom stereocenters. The van der Waals surface area contributed by atoms with Crippen LogP contribution in [0.1, 0.15) is 39.0 Å². The number of carbonyl (C=O) groups is 2. The van der Waals surface area contributed by atoms with Crippen LogP contribution in [0, 0.1) is 5.92 Å². The molecular formula is C16H26N2O5. The molecule has 0 radical (unpaired) electrons. The summed E-state index contributed by atoms with van der Waals surface area (Å²) in [7, 11) is 0. The molecule has 2 N–H and O–H groups in total. The van der Waals surface area contributed by atoms with Gasteiger partial charge in [0, 0.05) is 12.5 Å². The van der Waals surface area contributed by atoms with E-state index in [2.05, 4.69) is 10.6 Å². The fourth-order valence-corrected chi connectivity index (χ4v) is 3.68. The van der Waals surface area contributed by atoms with Crippen molar-refractivity contribution in [3.8, 4) is 0 Å². The number of nitrogens with one attached hydrogen (secondary N) is 2. The van der Waals surface area contributed by atoms with Crippen LogP contribution in [0.25, 0.3) is 0 Å². The summed E-state index contributed by atoms with van der Waals surface area (Å²) in [6.07, 6.45) is 4.02. The lowest BCUT2D eigenvalue weighted by molar-refractivity contribution is -0.127. The summed E-state index contributed by atoms with van der Waals surface area (Å²) in [5.74, 6) is 0.224. The summed E-state index contributed by atoms with van der Waals surface area (Å²) >= 11 is 0. The number of hydrogen-bond acceptors (Lipinski definition) is 5. The lowest BCUT2D eigenvalue weighted by atomic mass is 9.88. The Balaban J connectivity index is 1.50. The number of alkyl carbamates (subject to hydrolysis) is 1. The van der Waals surface area contributed by atoms with E-state index in [1.807, 2.05) is 6.92 Å². The molecule has 1 saturated carbocycles. The first-order valence-corrected chi connectivity index (χ1v) is 8.67. The molecule has 2 heterocycles. The van der Waals surface area contributed by atoms with Crippen LogP contribution in [-0.2, 0) is 19.0 Å². The zero-order valence-electron chi connectivity index (χ0n) is 13.6. The van der Waals surface area contributed by atoms with Gasteiger partial charge in [0.25, 0.3) is 0 Å². The van der Waals surface area contributed by atoms with Crippen LogP contribution < -0.4 is 10.6 Å². The molecule has 2 saturated heterocycles. The highest BCUT2D eigenvalue weighted by atomic mass is 16.6. The van der Waals surface area contributed by atoms with Crippen LogP contribution in [0.4, 0.5) is 4.79 Å². The van der Waals surface area contributed by atoms with Gasteiger partial charge in [-0.05, 0) is 19.8 Å². The molecule has 2 aliphatic heterocycles. The topological polar surface area (TPSA) is 85.9 Å². The first-order chi connectivity index (χ1) is 11.2. The first-order valence-electron chi connectivity index (χ1n) is 8.67. The minimum absolute atomic E-state index is 0.107. The predicted molar refractivity (Wildman–Crippen MR) is 81.9 cm³/mol. The summed E-state index contributed by atoms with van der Waals surface area (Å²) in [5.41, 5.74) is 0. The van der Waals surface area contributed by atoms with Crippen LogP contribution in [0.2, 0.25) is 0 Å². The van der Waals surface area contributed by atoms with Gasteiger partial charge in [-0.1, -0.05) is 19.3 Å². The molecule has 2 amide bonds. The third-order valence-electron chi connectivity index (χ3n) is 4.89. The zero-order chi connectivity index (χ0) is 16.2. The van der Waals surface area contributed by atoms with Crippen molar-refractivity contribution >= 4 is 12.0 Å². The average Bonchev–Trinajstić information content (AvgIpc) is 3.12. The van der Waals surface area contributed by atoms with E-state index in [1.54, 1.807) is 0 Å². The molecular weight excluding hydrogens is 300 g/mol. The van der Waals surface area contributed by atoms with Crippen LogP contribution in [0.15, 0.2) is 0 Å². The Morgan fingerprint density at radius 3 is 2.57 bits per heavy atom. The van der Waals surface area contributed by atoms with Gasteiger partial charge in [-0.3, -0.25) is 4.79 Å². The molecule has 7 nitrogen and oxygen atoms in total. The van der Waals surface area contributed by atoms with Gasteiger partial charge in [0.2, 0.25) is 5.91 Å². The Kier molecular flexibility index (Phi) is 5.38. The highest BCUT2D eigenvalue weighted by Gasteiger charge is 2.50. The minimum atomic E-state index is -0.458. The summed E-state index contributed by atoms with van der Waals surface area (Å²) in [4.78, 5) is 23.9. The second kappa shape index (κ2) is 7.49. The summed E-state index contributed by atoms with van der Waals surface area (Å²) in [6.45, 7) is 3.06. The van der Waals surface area contributed by atoms with Crippen molar-refractivity contribution < 1.29 is 23.8 Å². The molecule has 0 bridgehead atoms. The van der Waals surface area contributed by atoms with Gasteiger partial charge in [-0.15, -0.1) is 0 Å². The Bertz CT molecular complexity index is 438. The number of hydrogen-bond donors (Lipinski definition) is 2. The molecule has 0 unspecified atom stereocenters. The number of ether oxygens (including phenoxy) is 3. The summed E-state index contributed by atoms with van der Waals surface area (Å²) < 4.78 is 16.8. The quantitative estimate of drug-likeness (QED) is 0.804. The normalized spacial score (nSPS) is 34.0. The van der Waals surface area contributed by atoms with Gasteiger partial charge >= 0.3 is 6.09 Å². The number of rotatable bonds is 4. The van der Waals surface area contributed by atoms with Gasteiger partial charge in [-0.25, -0.2) is 4.79 Å². The molecule has 0 aromatic carbocycles. The highest BCUT2D eigenvalue weighted by molar-refractivity contribution is 5.79. The van der Waals surface area contributed by atoms with E-state index in [9.17, 15) is 9.59 Å². The van der Waals surface area contributed by atoms with E-state index < -0.39 is 12.2 Å². The van der Waals surface area contributed by atoms with Crippen LogP contribution in [-0.4, -0.2) is 56.1 Å². The Labute approximate surface area is 136 Å². The van der Waals surface area contributed by atoms with Crippen LogP contribution in [0.3, 0.4) is 0 Å². The third-order valence-corrected chi connectivity index (χ3v) is 4.89. The van der Waals surface area contributed by atoms with E-state index in [1.165, 1.54) is 6.42 Å². The zero-order valence-corrected chi connectivity index (χ0v) is 13.6. The van der Waals surface area contributed by atoms with Gasteiger partial charge < -0.3 is 24.8 Å². The van der Waals surface area contributed by atoms with Crippen molar-refractivity contribution in [3.05, 3.63) is 0 Å². The van der Waals surface area contributed by atoms with Crippen LogP contribution >= 0.6 is 0 Å². The second-order valence-corrected chi connectivity index (χ2v) is 6.52. The monoisotopic (exact) mass is 326 g/mol. The maximum absolute atomic E-state index is 12.4.